The van der Waals surface area contributed by atoms with Crippen molar-refractivity contribution in [2.75, 3.05) is 11.9 Å². The highest BCUT2D eigenvalue weighted by Gasteiger charge is 2.26. The van der Waals surface area contributed by atoms with Crippen LogP contribution in [0, 0.1) is 6.92 Å². The highest BCUT2D eigenvalue weighted by Crippen LogP contribution is 2.40. The molecule has 1 aliphatic rings. The molecule has 0 radical (unpaired) electrons. The van der Waals surface area contributed by atoms with Crippen LogP contribution in [0.3, 0.4) is 0 Å². The number of carbonyl (C=O) groups is 2. The van der Waals surface area contributed by atoms with Gasteiger partial charge in [0.2, 0.25) is 11.8 Å². The molecule has 6 heteroatoms. The summed E-state index contributed by atoms with van der Waals surface area (Å²) in [5, 5.41) is 7.99. The van der Waals surface area contributed by atoms with Gasteiger partial charge in [0, 0.05) is 17.7 Å². The summed E-state index contributed by atoms with van der Waals surface area (Å²) in [6, 6.07) is 8.11. The molecule has 0 atom stereocenters. The molecule has 0 saturated heterocycles. The molecule has 1 aliphatic carbocycles. The molecule has 2 N–H and O–H groups in total. The highest BCUT2D eigenvalue weighted by atomic mass is 32.1. The molecule has 1 fully saturated rings. The Morgan fingerprint density at radius 1 is 1.21 bits per heavy atom. The molecule has 0 unspecified atom stereocenters. The van der Waals surface area contributed by atoms with Crippen LogP contribution in [0.15, 0.2) is 29.6 Å². The van der Waals surface area contributed by atoms with Gasteiger partial charge in [-0.2, -0.15) is 0 Å². The van der Waals surface area contributed by atoms with Crippen LogP contribution in [0.1, 0.15) is 42.0 Å². The molecule has 3 rings (SSSR count). The molecule has 2 aromatic rings. The Labute approximate surface area is 145 Å². The van der Waals surface area contributed by atoms with Crippen molar-refractivity contribution in [3.63, 3.8) is 0 Å². The first-order chi connectivity index (χ1) is 11.6. The van der Waals surface area contributed by atoms with E-state index in [-0.39, 0.29) is 18.4 Å². The van der Waals surface area contributed by atoms with Gasteiger partial charge in [0.15, 0.2) is 5.13 Å². The Balaban J connectivity index is 1.37. The number of nitrogens with zero attached hydrogens (tertiary/aromatic N) is 1. The molecule has 0 aliphatic heterocycles. The lowest BCUT2D eigenvalue weighted by Crippen LogP contribution is -2.32. The maximum Gasteiger partial charge on any atom is 0.245 e. The third-order valence-electron chi connectivity index (χ3n) is 3.97. The van der Waals surface area contributed by atoms with Gasteiger partial charge in [-0.05, 0) is 31.7 Å². The van der Waals surface area contributed by atoms with Gasteiger partial charge in [0.25, 0.3) is 0 Å². The van der Waals surface area contributed by atoms with E-state index in [0.717, 1.165) is 11.3 Å². The van der Waals surface area contributed by atoms with E-state index in [9.17, 15) is 9.59 Å². The van der Waals surface area contributed by atoms with E-state index in [2.05, 4.69) is 15.6 Å². The molecule has 5 nitrogen and oxygen atoms in total. The number of nitrogens with one attached hydrogen (secondary N) is 2. The zero-order valence-electron chi connectivity index (χ0n) is 13.7. The first-order valence-electron chi connectivity index (χ1n) is 8.17. The van der Waals surface area contributed by atoms with Gasteiger partial charge in [-0.25, -0.2) is 4.98 Å². The van der Waals surface area contributed by atoms with Crippen LogP contribution < -0.4 is 10.6 Å². The highest BCUT2D eigenvalue weighted by molar-refractivity contribution is 7.13. The summed E-state index contributed by atoms with van der Waals surface area (Å²) in [6.07, 6.45) is 3.42. The third kappa shape index (κ3) is 4.89. The number of thiazole rings is 1. The molecule has 1 heterocycles. The second-order valence-corrected chi connectivity index (χ2v) is 7.02. The van der Waals surface area contributed by atoms with E-state index in [0.29, 0.717) is 23.9 Å². The number of carbonyl (C=O) groups excluding carboxylic acids is 2. The molecule has 1 aromatic heterocycles. The van der Waals surface area contributed by atoms with Crippen molar-refractivity contribution < 1.29 is 9.59 Å². The molecule has 0 spiro atoms. The third-order valence-corrected chi connectivity index (χ3v) is 4.75. The van der Waals surface area contributed by atoms with Crippen LogP contribution in [-0.2, 0) is 16.0 Å². The van der Waals surface area contributed by atoms with Gasteiger partial charge in [-0.1, -0.05) is 29.8 Å². The normalized spacial score (nSPS) is 13.5. The first-order valence-corrected chi connectivity index (χ1v) is 9.05. The second-order valence-electron chi connectivity index (χ2n) is 6.16. The minimum atomic E-state index is -0.240. The van der Waals surface area contributed by atoms with Crippen molar-refractivity contribution in [2.45, 2.75) is 38.5 Å². The first kappa shape index (κ1) is 16.6. The van der Waals surface area contributed by atoms with Gasteiger partial charge < -0.3 is 10.6 Å². The zero-order valence-corrected chi connectivity index (χ0v) is 14.5. The van der Waals surface area contributed by atoms with Crippen LogP contribution in [0.2, 0.25) is 0 Å². The predicted molar refractivity (Wildman–Crippen MR) is 95.2 cm³/mol. The number of hydrogen-bond donors (Lipinski definition) is 2. The molecule has 0 bridgehead atoms. The fraction of sp³-hybridized carbons (Fsp3) is 0.389. The second kappa shape index (κ2) is 7.57. The molecule has 24 heavy (non-hydrogen) atoms. The van der Waals surface area contributed by atoms with E-state index >= 15 is 0 Å². The maximum atomic E-state index is 11.9. The Kier molecular flexibility index (Phi) is 5.25. The summed E-state index contributed by atoms with van der Waals surface area (Å²) in [5.41, 5.74) is 3.39. The topological polar surface area (TPSA) is 71.1 Å². The van der Waals surface area contributed by atoms with Crippen LogP contribution in [0.4, 0.5) is 5.13 Å². The number of benzene rings is 1. The van der Waals surface area contributed by atoms with Gasteiger partial charge in [0.1, 0.15) is 0 Å². The van der Waals surface area contributed by atoms with Crippen LogP contribution in [0.5, 0.6) is 0 Å². The fourth-order valence-electron chi connectivity index (χ4n) is 2.35. The van der Waals surface area contributed by atoms with Crippen LogP contribution >= 0.6 is 11.3 Å². The van der Waals surface area contributed by atoms with Gasteiger partial charge in [-0.3, -0.25) is 9.59 Å². The van der Waals surface area contributed by atoms with Gasteiger partial charge in [-0.15, -0.1) is 11.3 Å². The largest absolute Gasteiger partial charge is 0.347 e. The van der Waals surface area contributed by atoms with E-state index in [1.54, 1.807) is 0 Å². The standard InChI is InChI=1S/C18H21N3O2S/c1-12-2-4-13(5-3-12)6-9-16(22)19-10-17(23)21-18-20-15(11-24-18)14-7-8-14/h2-5,11,14H,6-10H2,1H3,(H,19,22)(H,20,21,23). The summed E-state index contributed by atoms with van der Waals surface area (Å²) >= 11 is 1.43. The minimum Gasteiger partial charge on any atom is -0.347 e. The fourth-order valence-corrected chi connectivity index (χ4v) is 3.16. The summed E-state index contributed by atoms with van der Waals surface area (Å²) in [5.74, 6) is 0.215. The summed E-state index contributed by atoms with van der Waals surface area (Å²) < 4.78 is 0. The summed E-state index contributed by atoms with van der Waals surface area (Å²) in [7, 11) is 0. The number of anilines is 1. The lowest BCUT2D eigenvalue weighted by molar-refractivity contribution is -0.124. The van der Waals surface area contributed by atoms with Crippen LogP contribution in [0.25, 0.3) is 0 Å². The van der Waals surface area contributed by atoms with Crippen molar-refractivity contribution in [1.82, 2.24) is 10.3 Å². The number of aryl methyl sites for hydroxylation is 2. The van der Waals surface area contributed by atoms with E-state index < -0.39 is 0 Å². The minimum absolute atomic E-state index is 0.0227. The summed E-state index contributed by atoms with van der Waals surface area (Å²) in [4.78, 5) is 28.1. The van der Waals surface area contributed by atoms with Crippen molar-refractivity contribution in [1.29, 1.82) is 0 Å². The average Bonchev–Trinajstić information content (AvgIpc) is 3.32. The Morgan fingerprint density at radius 3 is 2.67 bits per heavy atom. The predicted octanol–water partition coefficient (Wildman–Crippen LogP) is 3.02. The zero-order chi connectivity index (χ0) is 16.9. The number of rotatable bonds is 7. The van der Waals surface area contributed by atoms with Crippen molar-refractivity contribution in [3.05, 3.63) is 46.5 Å². The number of hydrogen-bond acceptors (Lipinski definition) is 4. The quantitative estimate of drug-likeness (QED) is 0.812. The maximum absolute atomic E-state index is 11.9. The Bertz CT molecular complexity index is 720. The van der Waals surface area contributed by atoms with Gasteiger partial charge in [0.05, 0.1) is 12.2 Å². The van der Waals surface area contributed by atoms with E-state index in [4.69, 9.17) is 0 Å². The number of amides is 2. The van der Waals surface area contributed by atoms with E-state index in [1.165, 1.54) is 29.7 Å². The van der Waals surface area contributed by atoms with Crippen molar-refractivity contribution in [2.24, 2.45) is 0 Å². The molecule has 1 saturated carbocycles. The van der Waals surface area contributed by atoms with E-state index in [1.807, 2.05) is 36.6 Å². The molecular weight excluding hydrogens is 322 g/mol. The lowest BCUT2D eigenvalue weighted by atomic mass is 10.1. The number of aromatic nitrogens is 1. The average molecular weight is 343 g/mol. The summed E-state index contributed by atoms with van der Waals surface area (Å²) in [6.45, 7) is 2.01. The Morgan fingerprint density at radius 2 is 1.96 bits per heavy atom. The van der Waals surface area contributed by atoms with Crippen LogP contribution in [-0.4, -0.2) is 23.3 Å². The smallest absolute Gasteiger partial charge is 0.245 e. The van der Waals surface area contributed by atoms with Crippen molar-refractivity contribution in [3.8, 4) is 0 Å². The SMILES string of the molecule is Cc1ccc(CCC(=O)NCC(=O)Nc2nc(C3CC3)cs2)cc1. The lowest BCUT2D eigenvalue weighted by Gasteiger charge is -2.05. The van der Waals surface area contributed by atoms with Gasteiger partial charge >= 0.3 is 0 Å². The monoisotopic (exact) mass is 343 g/mol. The van der Waals surface area contributed by atoms with Crippen molar-refractivity contribution >= 4 is 28.3 Å². The molecule has 2 amide bonds. The molecule has 126 valence electrons. The molecule has 1 aromatic carbocycles. The molecular formula is C18H21N3O2S. The Hall–Kier alpha value is -2.21.